The van der Waals surface area contributed by atoms with Crippen LogP contribution in [-0.2, 0) is 13.0 Å². The highest BCUT2D eigenvalue weighted by Crippen LogP contribution is 2.35. The summed E-state index contributed by atoms with van der Waals surface area (Å²) in [4.78, 5) is 6.99. The Morgan fingerprint density at radius 1 is 1.27 bits per heavy atom. The smallest absolute Gasteiger partial charge is 0.143 e. The maximum atomic E-state index is 9.22. The van der Waals surface area contributed by atoms with E-state index in [2.05, 4.69) is 34.7 Å². The number of aryl methyl sites for hydroxylation is 1. The largest absolute Gasteiger partial charge is 0.379 e. The van der Waals surface area contributed by atoms with Crippen molar-refractivity contribution in [3.8, 4) is 6.07 Å². The van der Waals surface area contributed by atoms with Gasteiger partial charge in [0.05, 0.1) is 15.9 Å². The van der Waals surface area contributed by atoms with Crippen LogP contribution in [0.3, 0.4) is 0 Å². The minimum atomic E-state index is 0.446. The summed E-state index contributed by atoms with van der Waals surface area (Å²) >= 11 is 3.44. The zero-order chi connectivity index (χ0) is 19.5. The standard InChI is InChI=1S/C16H16N4S2.2C2H6/c1-10-14(4-5-17)22-16-13(7-11(8-18)20-15(10)16)19-9-12-3-2-6-21-12;2*1-2/h2-3,6-7H,4-5,9,17H2,1H3,(H,19,20);2*1-2H3. The molecule has 26 heavy (non-hydrogen) atoms. The molecule has 3 rings (SSSR count). The number of anilines is 1. The fourth-order valence-electron chi connectivity index (χ4n) is 2.38. The van der Waals surface area contributed by atoms with Gasteiger partial charge in [0.15, 0.2) is 0 Å². The quantitative estimate of drug-likeness (QED) is 0.587. The number of nitrogens with zero attached hydrogens (tertiary/aromatic N) is 2. The molecular formula is C20H28N4S2. The molecule has 0 aromatic carbocycles. The van der Waals surface area contributed by atoms with Crippen LogP contribution in [0.5, 0.6) is 0 Å². The number of nitrogens with one attached hydrogen (secondary N) is 1. The van der Waals surface area contributed by atoms with Gasteiger partial charge >= 0.3 is 0 Å². The summed E-state index contributed by atoms with van der Waals surface area (Å²) in [7, 11) is 0. The Morgan fingerprint density at radius 3 is 2.58 bits per heavy atom. The molecule has 0 unspecified atom stereocenters. The Balaban J connectivity index is 0.000000791. The predicted molar refractivity (Wildman–Crippen MR) is 116 cm³/mol. The van der Waals surface area contributed by atoms with Crippen molar-refractivity contribution >= 4 is 38.6 Å². The molecule has 0 fully saturated rings. The van der Waals surface area contributed by atoms with Gasteiger partial charge in [-0.1, -0.05) is 33.8 Å². The fraction of sp³-hybridized carbons (Fsp3) is 0.400. The molecule has 0 saturated carbocycles. The average Bonchev–Trinajstić information content (AvgIpc) is 3.32. The molecule has 0 radical (unpaired) electrons. The molecule has 3 aromatic heterocycles. The summed E-state index contributed by atoms with van der Waals surface area (Å²) in [6.45, 7) is 11.4. The minimum absolute atomic E-state index is 0.446. The van der Waals surface area contributed by atoms with Gasteiger partial charge in [0, 0.05) is 16.3 Å². The van der Waals surface area contributed by atoms with Gasteiger partial charge in [-0.15, -0.1) is 22.7 Å². The Bertz CT molecular complexity index is 830. The first kappa shape index (κ1) is 22.1. The van der Waals surface area contributed by atoms with E-state index in [1.54, 1.807) is 22.7 Å². The number of nitriles is 1. The third-order valence-electron chi connectivity index (χ3n) is 3.49. The van der Waals surface area contributed by atoms with Gasteiger partial charge in [0.1, 0.15) is 11.8 Å². The Kier molecular flexibility index (Phi) is 9.89. The molecule has 0 aliphatic carbocycles. The topological polar surface area (TPSA) is 74.7 Å². The van der Waals surface area contributed by atoms with Crippen LogP contribution in [0.4, 0.5) is 5.69 Å². The van der Waals surface area contributed by atoms with E-state index in [1.807, 2.05) is 39.8 Å². The first-order chi connectivity index (χ1) is 12.7. The van der Waals surface area contributed by atoms with E-state index < -0.39 is 0 Å². The van der Waals surface area contributed by atoms with Crippen LogP contribution in [0.1, 0.15) is 48.7 Å². The summed E-state index contributed by atoms with van der Waals surface area (Å²) in [5, 5.41) is 14.7. The molecular weight excluding hydrogens is 360 g/mol. The summed E-state index contributed by atoms with van der Waals surface area (Å²) in [5.74, 6) is 0. The summed E-state index contributed by atoms with van der Waals surface area (Å²) < 4.78 is 1.11. The Hall–Kier alpha value is -1.94. The molecule has 0 saturated heterocycles. The minimum Gasteiger partial charge on any atom is -0.379 e. The van der Waals surface area contributed by atoms with Gasteiger partial charge < -0.3 is 11.1 Å². The van der Waals surface area contributed by atoms with Crippen molar-refractivity contribution < 1.29 is 0 Å². The molecule has 0 atom stereocenters. The number of thiophene rings is 2. The summed E-state index contributed by atoms with van der Waals surface area (Å²) in [5.41, 5.74) is 9.17. The van der Waals surface area contributed by atoms with Crippen LogP contribution in [0.2, 0.25) is 0 Å². The van der Waals surface area contributed by atoms with E-state index >= 15 is 0 Å². The van der Waals surface area contributed by atoms with Gasteiger partial charge in [-0.05, 0) is 43.0 Å². The summed E-state index contributed by atoms with van der Waals surface area (Å²) in [6.07, 6.45) is 0.846. The Morgan fingerprint density at radius 2 is 2.00 bits per heavy atom. The van der Waals surface area contributed by atoms with Crippen LogP contribution in [0.25, 0.3) is 10.2 Å². The van der Waals surface area contributed by atoms with E-state index in [0.717, 1.165) is 34.4 Å². The SMILES string of the molecule is CC.CC.Cc1c(CCN)sc2c(NCc3cccs3)cc(C#N)nc12. The van der Waals surface area contributed by atoms with Gasteiger partial charge in [0.25, 0.3) is 0 Å². The molecule has 140 valence electrons. The third-order valence-corrected chi connectivity index (χ3v) is 5.74. The number of pyridine rings is 1. The van der Waals surface area contributed by atoms with Crippen LogP contribution >= 0.6 is 22.7 Å². The van der Waals surface area contributed by atoms with E-state index in [1.165, 1.54) is 9.75 Å². The zero-order valence-corrected chi connectivity index (χ0v) is 17.9. The normalized spacial score (nSPS) is 9.58. The number of rotatable bonds is 5. The predicted octanol–water partition coefficient (Wildman–Crippen LogP) is 5.70. The summed E-state index contributed by atoms with van der Waals surface area (Å²) in [6, 6.07) is 8.12. The second kappa shape index (κ2) is 11.6. The average molecular weight is 389 g/mol. The second-order valence-electron chi connectivity index (χ2n) is 4.97. The molecule has 0 aliphatic heterocycles. The van der Waals surface area contributed by atoms with Crippen molar-refractivity contribution in [2.75, 3.05) is 11.9 Å². The lowest BCUT2D eigenvalue weighted by Gasteiger charge is -2.06. The highest BCUT2D eigenvalue weighted by atomic mass is 32.1. The van der Waals surface area contributed by atoms with Crippen LogP contribution in [-0.4, -0.2) is 11.5 Å². The number of hydrogen-bond acceptors (Lipinski definition) is 6. The molecule has 0 aliphatic rings. The number of hydrogen-bond donors (Lipinski definition) is 2. The molecule has 6 heteroatoms. The maximum absolute atomic E-state index is 9.22. The van der Waals surface area contributed by atoms with Gasteiger partial charge in [-0.25, -0.2) is 4.98 Å². The van der Waals surface area contributed by atoms with E-state index in [4.69, 9.17) is 5.73 Å². The molecule has 0 amide bonds. The van der Waals surface area contributed by atoms with E-state index in [9.17, 15) is 5.26 Å². The van der Waals surface area contributed by atoms with Crippen LogP contribution < -0.4 is 11.1 Å². The fourth-order valence-corrected chi connectivity index (χ4v) is 4.27. The highest BCUT2D eigenvalue weighted by Gasteiger charge is 2.14. The number of fused-ring (bicyclic) bond motifs is 1. The van der Waals surface area contributed by atoms with Crippen molar-refractivity contribution in [1.29, 1.82) is 5.26 Å². The lowest BCUT2D eigenvalue weighted by Crippen LogP contribution is -2.01. The van der Waals surface area contributed by atoms with Gasteiger partial charge in [-0.2, -0.15) is 5.26 Å². The lowest BCUT2D eigenvalue weighted by molar-refractivity contribution is 0.981. The molecule has 0 bridgehead atoms. The zero-order valence-electron chi connectivity index (χ0n) is 16.2. The van der Waals surface area contributed by atoms with Crippen LogP contribution in [0, 0.1) is 18.3 Å². The van der Waals surface area contributed by atoms with Crippen molar-refractivity contribution in [3.05, 3.63) is 44.6 Å². The highest BCUT2D eigenvalue weighted by molar-refractivity contribution is 7.19. The van der Waals surface area contributed by atoms with E-state index in [0.29, 0.717) is 12.2 Å². The van der Waals surface area contributed by atoms with Crippen molar-refractivity contribution in [1.82, 2.24) is 4.98 Å². The van der Waals surface area contributed by atoms with E-state index in [-0.39, 0.29) is 0 Å². The van der Waals surface area contributed by atoms with Crippen molar-refractivity contribution in [2.45, 2.75) is 47.6 Å². The first-order valence-electron chi connectivity index (χ1n) is 9.02. The van der Waals surface area contributed by atoms with Gasteiger partial charge in [0.2, 0.25) is 0 Å². The molecule has 0 spiro atoms. The second-order valence-corrected chi connectivity index (χ2v) is 7.10. The molecule has 4 nitrogen and oxygen atoms in total. The number of aromatic nitrogens is 1. The maximum Gasteiger partial charge on any atom is 0.143 e. The first-order valence-corrected chi connectivity index (χ1v) is 10.7. The third kappa shape index (κ3) is 5.28. The van der Waals surface area contributed by atoms with Gasteiger partial charge in [-0.3, -0.25) is 0 Å². The molecule has 3 aromatic rings. The number of nitrogens with two attached hydrogens (primary N) is 1. The van der Waals surface area contributed by atoms with Crippen molar-refractivity contribution in [3.63, 3.8) is 0 Å². The monoisotopic (exact) mass is 388 g/mol. The molecule has 3 heterocycles. The molecule has 3 N–H and O–H groups in total. The van der Waals surface area contributed by atoms with Crippen molar-refractivity contribution in [2.24, 2.45) is 5.73 Å². The lowest BCUT2D eigenvalue weighted by atomic mass is 10.2. The Labute approximate surface area is 164 Å². The van der Waals surface area contributed by atoms with Crippen LogP contribution in [0.15, 0.2) is 23.6 Å².